The number of piperazine rings is 1. The van der Waals surface area contributed by atoms with Crippen molar-refractivity contribution in [3.8, 4) is 0 Å². The number of nitrogens with zero attached hydrogens (tertiary/aromatic N) is 5. The summed E-state index contributed by atoms with van der Waals surface area (Å²) in [6, 6.07) is -0.0279. The lowest BCUT2D eigenvalue weighted by Gasteiger charge is -2.46. The van der Waals surface area contributed by atoms with Gasteiger partial charge in [-0.2, -0.15) is 0 Å². The first kappa shape index (κ1) is 30.3. The number of nitrogens with one attached hydrogen (secondary N) is 1. The zero-order valence-corrected chi connectivity index (χ0v) is 26.0. The maximum Gasteiger partial charge on any atom is 0.241 e. The van der Waals surface area contributed by atoms with Crippen LogP contribution in [0.5, 0.6) is 0 Å². The second-order valence-electron chi connectivity index (χ2n) is 14.7. The molecule has 6 fully saturated rings. The summed E-state index contributed by atoms with van der Waals surface area (Å²) in [5.41, 5.74) is -0.773. The van der Waals surface area contributed by atoms with E-state index in [-0.39, 0.29) is 53.6 Å². The summed E-state index contributed by atoms with van der Waals surface area (Å²) in [6.45, 7) is 15.5. The molecule has 6 aliphatic rings. The molecule has 1 spiro atoms. The van der Waals surface area contributed by atoms with Crippen molar-refractivity contribution < 1.29 is 19.2 Å². The van der Waals surface area contributed by atoms with Crippen molar-refractivity contribution in [3.63, 3.8) is 0 Å². The fourth-order valence-corrected chi connectivity index (χ4v) is 7.84. The van der Waals surface area contributed by atoms with Crippen LogP contribution < -0.4 is 5.32 Å². The smallest absolute Gasteiger partial charge is 0.241 e. The molecule has 4 bridgehead atoms. The van der Waals surface area contributed by atoms with Crippen LogP contribution in [0.25, 0.3) is 0 Å². The molecule has 4 amide bonds. The highest BCUT2D eigenvalue weighted by molar-refractivity contribution is 5.86. The average molecular weight is 573 g/mol. The summed E-state index contributed by atoms with van der Waals surface area (Å²) in [5.74, 6) is 0.303. The Morgan fingerprint density at radius 3 is 2.22 bits per heavy atom. The SMILES string of the molecule is CC(C)N1CCN2C[C@@H]1C(=O)N1CCC(CC1)N1CCCC1C(=O)NC1(CCN(C(=O)CC(C)(C)C)CC1)CC2=O. The van der Waals surface area contributed by atoms with Crippen LogP contribution in [0.4, 0.5) is 0 Å². The van der Waals surface area contributed by atoms with Crippen molar-refractivity contribution in [1.82, 2.24) is 29.8 Å². The summed E-state index contributed by atoms with van der Waals surface area (Å²) in [4.78, 5) is 65.2. The van der Waals surface area contributed by atoms with Gasteiger partial charge < -0.3 is 20.0 Å². The number of fused-ring (bicyclic) bond motifs is 4. The molecule has 10 heteroatoms. The van der Waals surface area contributed by atoms with Crippen LogP contribution in [0, 0.1) is 5.41 Å². The molecular weight excluding hydrogens is 520 g/mol. The van der Waals surface area contributed by atoms with Crippen molar-refractivity contribution in [2.45, 2.75) is 116 Å². The monoisotopic (exact) mass is 572 g/mol. The lowest BCUT2D eigenvalue weighted by molar-refractivity contribution is -0.146. The van der Waals surface area contributed by atoms with Crippen molar-refractivity contribution >= 4 is 23.6 Å². The van der Waals surface area contributed by atoms with Crippen LogP contribution in [0.2, 0.25) is 0 Å². The number of hydrogen-bond acceptors (Lipinski definition) is 6. The lowest BCUT2D eigenvalue weighted by atomic mass is 9.82. The van der Waals surface area contributed by atoms with Gasteiger partial charge in [-0.1, -0.05) is 20.8 Å². The largest absolute Gasteiger partial charge is 0.349 e. The molecule has 0 aromatic heterocycles. The molecule has 0 aliphatic carbocycles. The molecule has 230 valence electrons. The number of carbonyl (C=O) groups is 4. The third-order valence-corrected chi connectivity index (χ3v) is 10.2. The first-order valence-corrected chi connectivity index (χ1v) is 16.0. The molecule has 1 N–H and O–H groups in total. The van der Waals surface area contributed by atoms with E-state index in [4.69, 9.17) is 0 Å². The third kappa shape index (κ3) is 6.58. The van der Waals surface area contributed by atoms with E-state index in [1.807, 2.05) is 14.7 Å². The second-order valence-corrected chi connectivity index (χ2v) is 14.7. The number of piperidine rings is 2. The summed E-state index contributed by atoms with van der Waals surface area (Å²) in [7, 11) is 0. The molecule has 6 rings (SSSR count). The predicted octanol–water partition coefficient (Wildman–Crippen LogP) is 1.68. The number of rotatable bonds is 2. The van der Waals surface area contributed by atoms with Gasteiger partial charge in [0.15, 0.2) is 0 Å². The third-order valence-electron chi connectivity index (χ3n) is 10.2. The molecular formula is C31H52N6O4. The molecule has 0 aromatic rings. The van der Waals surface area contributed by atoms with E-state index in [1.54, 1.807) is 0 Å². The molecule has 6 heterocycles. The Morgan fingerprint density at radius 1 is 0.902 bits per heavy atom. The van der Waals surface area contributed by atoms with Crippen molar-refractivity contribution in [2.24, 2.45) is 5.41 Å². The number of amides is 4. The standard InChI is InChI=1S/C31H52N6O4/c1-22(2)36-18-17-35-21-25(36)29(41)34-13-8-23(9-14-34)37-12-6-7-24(37)28(40)32-31(20-27(35)39)10-15-33(16-11-31)26(38)19-30(3,4)5/h22-25H,6-21H2,1-5H3,(H,32,40)/t24?,25-/m1/s1. The minimum Gasteiger partial charge on any atom is -0.349 e. The van der Waals surface area contributed by atoms with Gasteiger partial charge in [0.1, 0.15) is 6.04 Å². The molecule has 41 heavy (non-hydrogen) atoms. The van der Waals surface area contributed by atoms with E-state index in [2.05, 4.69) is 49.7 Å². The van der Waals surface area contributed by atoms with Crippen LogP contribution in [0.15, 0.2) is 0 Å². The molecule has 1 unspecified atom stereocenters. The summed E-state index contributed by atoms with van der Waals surface area (Å²) in [6.07, 6.45) is 5.39. The molecule has 0 saturated carbocycles. The highest BCUT2D eigenvalue weighted by Crippen LogP contribution is 2.33. The van der Waals surface area contributed by atoms with E-state index < -0.39 is 5.54 Å². The Bertz CT molecular complexity index is 1010. The number of hydrogen-bond donors (Lipinski definition) is 1. The quantitative estimate of drug-likeness (QED) is 0.541. The topological polar surface area (TPSA) is 96.5 Å². The van der Waals surface area contributed by atoms with Crippen LogP contribution >= 0.6 is 0 Å². The Hall–Kier alpha value is -2.20. The van der Waals surface area contributed by atoms with Crippen LogP contribution in [0.1, 0.15) is 86.0 Å². The lowest BCUT2D eigenvalue weighted by Crippen LogP contribution is -2.64. The van der Waals surface area contributed by atoms with Gasteiger partial charge >= 0.3 is 0 Å². The normalized spacial score (nSPS) is 29.1. The first-order valence-electron chi connectivity index (χ1n) is 16.0. The van der Waals surface area contributed by atoms with Gasteiger partial charge in [0.2, 0.25) is 23.6 Å². The zero-order valence-electron chi connectivity index (χ0n) is 26.0. The van der Waals surface area contributed by atoms with E-state index in [9.17, 15) is 19.2 Å². The highest BCUT2D eigenvalue weighted by Gasteiger charge is 2.46. The van der Waals surface area contributed by atoms with Crippen LogP contribution in [-0.4, -0.2) is 130 Å². The summed E-state index contributed by atoms with van der Waals surface area (Å²) in [5, 5.41) is 3.42. The van der Waals surface area contributed by atoms with Crippen LogP contribution in [0.3, 0.4) is 0 Å². The number of carbonyl (C=O) groups excluding carboxylic acids is 4. The van der Waals surface area contributed by atoms with Crippen molar-refractivity contribution in [3.05, 3.63) is 0 Å². The Balaban J connectivity index is 1.41. The highest BCUT2D eigenvalue weighted by atomic mass is 16.2. The fraction of sp³-hybridized carbons (Fsp3) is 0.871. The van der Waals surface area contributed by atoms with Gasteiger partial charge in [-0.25, -0.2) is 0 Å². The van der Waals surface area contributed by atoms with Gasteiger partial charge in [0.05, 0.1) is 18.0 Å². The molecule has 6 aliphatic heterocycles. The van der Waals surface area contributed by atoms with Crippen LogP contribution in [-0.2, 0) is 19.2 Å². The minimum absolute atomic E-state index is 0.00146. The fourth-order valence-electron chi connectivity index (χ4n) is 7.84. The minimum atomic E-state index is -0.683. The Morgan fingerprint density at radius 2 is 1.59 bits per heavy atom. The molecule has 0 radical (unpaired) electrons. The van der Waals surface area contributed by atoms with Gasteiger partial charge in [-0.3, -0.25) is 29.0 Å². The predicted molar refractivity (Wildman–Crippen MR) is 157 cm³/mol. The van der Waals surface area contributed by atoms with Gasteiger partial charge in [0, 0.05) is 64.3 Å². The Labute approximate surface area is 246 Å². The second kappa shape index (κ2) is 11.8. The van der Waals surface area contributed by atoms with Crippen molar-refractivity contribution in [2.75, 3.05) is 52.4 Å². The average Bonchev–Trinajstić information content (AvgIpc) is 3.41. The summed E-state index contributed by atoms with van der Waals surface area (Å²) < 4.78 is 0. The number of likely N-dealkylation sites (tertiary alicyclic amines) is 1. The van der Waals surface area contributed by atoms with Gasteiger partial charge in [0.25, 0.3) is 0 Å². The van der Waals surface area contributed by atoms with Gasteiger partial charge in [-0.15, -0.1) is 0 Å². The van der Waals surface area contributed by atoms with Crippen molar-refractivity contribution in [1.29, 1.82) is 0 Å². The van der Waals surface area contributed by atoms with E-state index in [0.717, 1.165) is 32.2 Å². The Kier molecular flexibility index (Phi) is 8.73. The van der Waals surface area contributed by atoms with Gasteiger partial charge in [-0.05, 0) is 64.3 Å². The first-order chi connectivity index (χ1) is 19.4. The molecule has 0 aromatic carbocycles. The molecule has 6 saturated heterocycles. The molecule has 10 nitrogen and oxygen atoms in total. The van der Waals surface area contributed by atoms with E-state index >= 15 is 0 Å². The van der Waals surface area contributed by atoms with E-state index in [1.165, 1.54) is 0 Å². The summed E-state index contributed by atoms with van der Waals surface area (Å²) >= 11 is 0. The van der Waals surface area contributed by atoms with E-state index in [0.29, 0.717) is 71.1 Å². The zero-order chi connectivity index (χ0) is 29.5. The maximum atomic E-state index is 14.0. The molecule has 2 atom stereocenters. The maximum absolute atomic E-state index is 14.0.